The van der Waals surface area contributed by atoms with Crippen LogP contribution in [0.1, 0.15) is 32.6 Å². The number of aryl methyl sites for hydroxylation is 1. The first kappa shape index (κ1) is 20.7. The Labute approximate surface area is 174 Å². The molecular formula is C18H26N8O3S. The van der Waals surface area contributed by atoms with Crippen molar-refractivity contribution in [3.05, 3.63) is 12.4 Å². The zero-order valence-corrected chi connectivity index (χ0v) is 17.6. The van der Waals surface area contributed by atoms with Gasteiger partial charge in [0.05, 0.1) is 11.7 Å². The highest BCUT2D eigenvalue weighted by Crippen LogP contribution is 2.31. The molecule has 0 amide bonds. The molecule has 0 spiro atoms. The van der Waals surface area contributed by atoms with E-state index in [1.54, 1.807) is 4.57 Å². The van der Waals surface area contributed by atoms with Crippen molar-refractivity contribution in [3.63, 3.8) is 0 Å². The van der Waals surface area contributed by atoms with Crippen molar-refractivity contribution in [1.29, 1.82) is 0 Å². The molecule has 3 heterocycles. The summed E-state index contributed by atoms with van der Waals surface area (Å²) in [7, 11) is -3.79. The number of aromatic nitrogens is 5. The number of anilines is 1. The van der Waals surface area contributed by atoms with E-state index in [2.05, 4.69) is 29.6 Å². The van der Waals surface area contributed by atoms with E-state index in [-0.39, 0.29) is 16.4 Å². The number of nitrogens with two attached hydrogens (primary N) is 2. The molecule has 0 atom stereocenters. The van der Waals surface area contributed by atoms with Crippen molar-refractivity contribution in [3.8, 4) is 11.5 Å². The van der Waals surface area contributed by atoms with Gasteiger partial charge in [-0.3, -0.25) is 4.98 Å². The summed E-state index contributed by atoms with van der Waals surface area (Å²) in [6.07, 6.45) is 6.89. The lowest BCUT2D eigenvalue weighted by Gasteiger charge is -2.27. The number of hydrogen-bond donors (Lipinski definition) is 3. The Morgan fingerprint density at radius 2 is 1.93 bits per heavy atom. The number of pyridine rings is 1. The minimum absolute atomic E-state index is 0.0752. The highest BCUT2D eigenvalue weighted by Gasteiger charge is 2.27. The Bertz CT molecular complexity index is 1130. The van der Waals surface area contributed by atoms with Crippen molar-refractivity contribution in [2.75, 3.05) is 18.8 Å². The van der Waals surface area contributed by atoms with Crippen LogP contribution in [0, 0.1) is 11.8 Å². The molecule has 1 aliphatic rings. The van der Waals surface area contributed by atoms with Crippen LogP contribution < -0.4 is 16.2 Å². The molecule has 30 heavy (non-hydrogen) atoms. The lowest BCUT2D eigenvalue weighted by atomic mass is 9.82. The molecule has 3 aromatic rings. The molecule has 0 aromatic carbocycles. The summed E-state index contributed by atoms with van der Waals surface area (Å²) < 4.78 is 35.5. The topological polar surface area (TPSA) is 168 Å². The van der Waals surface area contributed by atoms with Crippen LogP contribution in [0.25, 0.3) is 22.6 Å². The molecule has 5 N–H and O–H groups in total. The van der Waals surface area contributed by atoms with E-state index in [4.69, 9.17) is 11.5 Å². The fourth-order valence-electron chi connectivity index (χ4n) is 4.07. The van der Waals surface area contributed by atoms with Crippen LogP contribution in [0.15, 0.2) is 21.9 Å². The van der Waals surface area contributed by atoms with Gasteiger partial charge in [-0.1, -0.05) is 0 Å². The van der Waals surface area contributed by atoms with Crippen LogP contribution in [-0.2, 0) is 16.6 Å². The van der Waals surface area contributed by atoms with Crippen molar-refractivity contribution < 1.29 is 13.0 Å². The molecule has 162 valence electrons. The summed E-state index contributed by atoms with van der Waals surface area (Å²) in [5, 5.41) is 7.39. The number of nitrogens with one attached hydrogen (secondary N) is 1. The molecule has 0 bridgehead atoms. The molecule has 0 unspecified atom stereocenters. The van der Waals surface area contributed by atoms with Gasteiger partial charge in [-0.2, -0.15) is 0 Å². The van der Waals surface area contributed by atoms with Gasteiger partial charge >= 0.3 is 0 Å². The zero-order chi connectivity index (χ0) is 21.3. The third-order valence-electron chi connectivity index (χ3n) is 5.81. The first-order valence-corrected chi connectivity index (χ1v) is 11.5. The third kappa shape index (κ3) is 3.77. The second kappa shape index (κ2) is 8.28. The van der Waals surface area contributed by atoms with Crippen LogP contribution in [0.2, 0.25) is 0 Å². The second-order valence-electron chi connectivity index (χ2n) is 7.66. The number of nitrogens with zero attached hydrogens (tertiary/aromatic N) is 5. The number of hydrogen-bond acceptors (Lipinski definition) is 9. The molecule has 3 aromatic heterocycles. The van der Waals surface area contributed by atoms with Crippen LogP contribution in [0.4, 0.5) is 5.82 Å². The van der Waals surface area contributed by atoms with Gasteiger partial charge in [-0.25, -0.2) is 22.8 Å². The summed E-state index contributed by atoms with van der Waals surface area (Å²) in [5.74, 6) is 1.33. The first-order valence-electron chi connectivity index (χ1n) is 10.1. The Kier molecular flexibility index (Phi) is 5.71. The van der Waals surface area contributed by atoms with E-state index < -0.39 is 10.0 Å². The molecule has 0 saturated heterocycles. The summed E-state index contributed by atoms with van der Waals surface area (Å²) in [4.78, 5) is 8.65. The predicted molar refractivity (Wildman–Crippen MR) is 111 cm³/mol. The maximum atomic E-state index is 13.2. The summed E-state index contributed by atoms with van der Waals surface area (Å²) in [6.45, 7) is 3.42. The molecule has 1 saturated carbocycles. The lowest BCUT2D eigenvalue weighted by Crippen LogP contribution is -2.32. The Balaban J connectivity index is 1.65. The van der Waals surface area contributed by atoms with Gasteiger partial charge < -0.3 is 16.0 Å². The van der Waals surface area contributed by atoms with Gasteiger partial charge in [0.2, 0.25) is 10.0 Å². The third-order valence-corrected chi connectivity index (χ3v) is 7.23. The zero-order valence-electron chi connectivity index (χ0n) is 16.8. The highest BCUT2D eigenvalue weighted by molar-refractivity contribution is 7.89. The molecule has 11 nitrogen and oxygen atoms in total. The molecular weight excluding hydrogens is 408 g/mol. The summed E-state index contributed by atoms with van der Waals surface area (Å²) >= 11 is 0. The Morgan fingerprint density at radius 3 is 2.57 bits per heavy atom. The van der Waals surface area contributed by atoms with Crippen molar-refractivity contribution in [2.24, 2.45) is 17.6 Å². The van der Waals surface area contributed by atoms with E-state index >= 15 is 0 Å². The van der Waals surface area contributed by atoms with Crippen LogP contribution in [0.5, 0.6) is 0 Å². The van der Waals surface area contributed by atoms with E-state index in [0.29, 0.717) is 48.3 Å². The first-order chi connectivity index (χ1) is 14.4. The van der Waals surface area contributed by atoms with E-state index in [1.807, 2.05) is 6.92 Å². The van der Waals surface area contributed by atoms with Gasteiger partial charge in [0.15, 0.2) is 17.3 Å². The average Bonchev–Trinajstić information content (AvgIpc) is 3.34. The van der Waals surface area contributed by atoms with E-state index in [1.165, 1.54) is 12.4 Å². The SMILES string of the molecule is CCn1c(-c2nonc2N)nc2cncc(S(=O)(=O)NCC3CCC(CN)CC3)c21. The average molecular weight is 435 g/mol. The highest BCUT2D eigenvalue weighted by atomic mass is 32.2. The van der Waals surface area contributed by atoms with Crippen molar-refractivity contribution in [2.45, 2.75) is 44.0 Å². The number of nitrogen functional groups attached to an aromatic ring is 1. The summed E-state index contributed by atoms with van der Waals surface area (Å²) in [5.41, 5.74) is 12.7. The predicted octanol–water partition coefficient (Wildman–Crippen LogP) is 1.13. The number of rotatable bonds is 7. The molecule has 12 heteroatoms. The monoisotopic (exact) mass is 434 g/mol. The van der Waals surface area contributed by atoms with Crippen LogP contribution in [0.3, 0.4) is 0 Å². The van der Waals surface area contributed by atoms with Crippen molar-refractivity contribution in [1.82, 2.24) is 29.6 Å². The number of sulfonamides is 1. The normalized spacial score (nSPS) is 20.1. The maximum absolute atomic E-state index is 13.2. The minimum Gasteiger partial charge on any atom is -0.379 e. The van der Waals surface area contributed by atoms with Gasteiger partial charge in [-0.05, 0) is 61.3 Å². The lowest BCUT2D eigenvalue weighted by molar-refractivity contribution is 0.280. The minimum atomic E-state index is -3.79. The largest absolute Gasteiger partial charge is 0.379 e. The van der Waals surface area contributed by atoms with Gasteiger partial charge in [0.25, 0.3) is 0 Å². The summed E-state index contributed by atoms with van der Waals surface area (Å²) in [6, 6.07) is 0. The smallest absolute Gasteiger partial charge is 0.244 e. The van der Waals surface area contributed by atoms with Crippen LogP contribution in [-0.4, -0.2) is 46.4 Å². The molecule has 1 fully saturated rings. The maximum Gasteiger partial charge on any atom is 0.244 e. The van der Waals surface area contributed by atoms with Gasteiger partial charge in [-0.15, -0.1) is 0 Å². The van der Waals surface area contributed by atoms with Crippen molar-refractivity contribution >= 4 is 26.9 Å². The molecule has 4 rings (SSSR count). The fourth-order valence-corrected chi connectivity index (χ4v) is 5.35. The molecule has 0 aliphatic heterocycles. The van der Waals surface area contributed by atoms with Gasteiger partial charge in [0, 0.05) is 19.3 Å². The second-order valence-corrected chi connectivity index (χ2v) is 9.39. The van der Waals surface area contributed by atoms with E-state index in [9.17, 15) is 8.42 Å². The molecule has 1 aliphatic carbocycles. The van der Waals surface area contributed by atoms with Crippen LogP contribution >= 0.6 is 0 Å². The van der Waals surface area contributed by atoms with Gasteiger partial charge in [0.1, 0.15) is 10.4 Å². The Hall–Kier alpha value is -2.57. The number of fused-ring (bicyclic) bond motifs is 1. The molecule has 0 radical (unpaired) electrons. The van der Waals surface area contributed by atoms with E-state index in [0.717, 1.165) is 25.7 Å². The number of imidazole rings is 1. The Morgan fingerprint density at radius 1 is 1.20 bits per heavy atom. The fraction of sp³-hybridized carbons (Fsp3) is 0.556. The quantitative estimate of drug-likeness (QED) is 0.493. The standard InChI is InChI=1S/C18H26N8O3S/c1-2-26-16-13(23-18(26)15-17(20)25-29-24-15)9-21-10-14(16)30(27,28)22-8-12-5-3-11(7-19)4-6-12/h9-12,22H,2-8,19H2,1H3,(H2,20,25).